The van der Waals surface area contributed by atoms with Gasteiger partial charge in [0.15, 0.2) is 9.84 Å². The average Bonchev–Trinajstić information content (AvgIpc) is 2.40. The first-order valence-corrected chi connectivity index (χ1v) is 8.18. The Labute approximate surface area is 119 Å². The predicted octanol–water partition coefficient (Wildman–Crippen LogP) is 1.18. The number of sulfone groups is 1. The fourth-order valence-corrected chi connectivity index (χ4v) is 3.10. The number of carbonyl (C=O) groups is 1. The monoisotopic (exact) mass is 299 g/mol. The highest BCUT2D eigenvalue weighted by molar-refractivity contribution is 7.91. The highest BCUT2D eigenvalue weighted by Crippen LogP contribution is 2.28. The van der Waals surface area contributed by atoms with Crippen LogP contribution in [0.4, 0.5) is 0 Å². The number of carboxylic acids is 1. The highest BCUT2D eigenvalue weighted by atomic mass is 32.2. The number of hydrogen-bond acceptors (Lipinski definition) is 4. The zero-order valence-electron chi connectivity index (χ0n) is 11.7. The molecule has 0 aliphatic carbocycles. The van der Waals surface area contributed by atoms with Gasteiger partial charge in [-0.3, -0.25) is 4.79 Å². The van der Waals surface area contributed by atoms with Crippen LogP contribution in [0.2, 0.25) is 0 Å². The molecule has 0 bridgehead atoms. The minimum atomic E-state index is -3.30. The molecule has 0 saturated carbocycles. The second-order valence-corrected chi connectivity index (χ2v) is 7.80. The molecule has 20 heavy (non-hydrogen) atoms. The van der Waals surface area contributed by atoms with Gasteiger partial charge in [0, 0.05) is 6.54 Å². The molecule has 112 valence electrons. The van der Waals surface area contributed by atoms with Crippen molar-refractivity contribution >= 4 is 15.8 Å². The van der Waals surface area contributed by atoms with Crippen LogP contribution in [-0.2, 0) is 20.0 Å². The maximum Gasteiger partial charge on any atom is 0.315 e. The molecule has 0 spiro atoms. The summed E-state index contributed by atoms with van der Waals surface area (Å²) in [7, 11) is -3.30. The van der Waals surface area contributed by atoms with E-state index in [0.29, 0.717) is 5.56 Å². The first kappa shape index (κ1) is 16.7. The molecule has 1 unspecified atom stereocenters. The molecule has 6 heteroatoms. The molecule has 1 aromatic rings. The summed E-state index contributed by atoms with van der Waals surface area (Å²) in [6.45, 7) is 3.03. The summed E-state index contributed by atoms with van der Waals surface area (Å²) in [6.07, 6.45) is -0.0244. The van der Waals surface area contributed by atoms with Crippen LogP contribution >= 0.6 is 0 Å². The van der Waals surface area contributed by atoms with E-state index >= 15 is 0 Å². The van der Waals surface area contributed by atoms with Crippen molar-refractivity contribution in [3.63, 3.8) is 0 Å². The molecular formula is C14H21NO4S. The smallest absolute Gasteiger partial charge is 0.315 e. The fourth-order valence-electron chi connectivity index (χ4n) is 1.99. The van der Waals surface area contributed by atoms with Crippen LogP contribution in [0.15, 0.2) is 30.3 Å². The number of aliphatic carboxylic acids is 1. The summed E-state index contributed by atoms with van der Waals surface area (Å²) < 4.78 is 23.8. The van der Waals surface area contributed by atoms with Crippen LogP contribution in [0, 0.1) is 0 Å². The average molecular weight is 299 g/mol. The Bertz CT molecular complexity index is 554. The maximum absolute atomic E-state index is 11.9. The topological polar surface area (TPSA) is 97.5 Å². The normalized spacial score (nSPS) is 15.0. The van der Waals surface area contributed by atoms with Crippen LogP contribution in [0.1, 0.15) is 25.8 Å². The van der Waals surface area contributed by atoms with Crippen LogP contribution < -0.4 is 5.73 Å². The molecular weight excluding hydrogens is 278 g/mol. The third kappa shape index (κ3) is 3.37. The third-order valence-electron chi connectivity index (χ3n) is 3.62. The van der Waals surface area contributed by atoms with Crippen LogP contribution in [0.5, 0.6) is 0 Å². The van der Waals surface area contributed by atoms with Gasteiger partial charge in [0.2, 0.25) is 0 Å². The third-order valence-corrected chi connectivity index (χ3v) is 5.83. The van der Waals surface area contributed by atoms with E-state index in [1.165, 1.54) is 0 Å². The van der Waals surface area contributed by atoms with Gasteiger partial charge in [-0.25, -0.2) is 8.42 Å². The molecule has 0 aliphatic rings. The van der Waals surface area contributed by atoms with Crippen molar-refractivity contribution < 1.29 is 18.3 Å². The minimum absolute atomic E-state index is 0.0244. The SMILES string of the molecule is CC(C)S(=O)(=O)CCC(CN)(C(=O)O)c1ccccc1. The summed E-state index contributed by atoms with van der Waals surface area (Å²) in [5.41, 5.74) is 4.85. The Balaban J connectivity index is 3.12. The molecule has 5 nitrogen and oxygen atoms in total. The van der Waals surface area contributed by atoms with Gasteiger partial charge in [-0.05, 0) is 25.8 Å². The lowest BCUT2D eigenvalue weighted by Crippen LogP contribution is -2.44. The van der Waals surface area contributed by atoms with Gasteiger partial charge in [-0.1, -0.05) is 30.3 Å². The van der Waals surface area contributed by atoms with E-state index in [1.54, 1.807) is 44.2 Å². The Morgan fingerprint density at radius 1 is 1.30 bits per heavy atom. The largest absolute Gasteiger partial charge is 0.481 e. The summed E-state index contributed by atoms with van der Waals surface area (Å²) >= 11 is 0. The molecule has 0 aromatic heterocycles. The first-order chi connectivity index (χ1) is 9.26. The molecule has 0 amide bonds. The van der Waals surface area contributed by atoms with E-state index in [-0.39, 0.29) is 18.7 Å². The Morgan fingerprint density at radius 3 is 2.25 bits per heavy atom. The maximum atomic E-state index is 11.9. The van der Waals surface area contributed by atoms with E-state index in [2.05, 4.69) is 0 Å². The predicted molar refractivity (Wildman–Crippen MR) is 78.4 cm³/mol. The lowest BCUT2D eigenvalue weighted by atomic mass is 9.78. The van der Waals surface area contributed by atoms with Crippen molar-refractivity contribution in [1.29, 1.82) is 0 Å². The molecule has 1 atom stereocenters. The number of hydrogen-bond donors (Lipinski definition) is 2. The second-order valence-electron chi connectivity index (χ2n) is 5.12. The Morgan fingerprint density at radius 2 is 1.85 bits per heavy atom. The van der Waals surface area contributed by atoms with Crippen LogP contribution in [0.3, 0.4) is 0 Å². The van der Waals surface area contributed by atoms with Crippen LogP contribution in [0.25, 0.3) is 0 Å². The molecule has 0 heterocycles. The van der Waals surface area contributed by atoms with Crippen molar-refractivity contribution in [1.82, 2.24) is 0 Å². The second kappa shape index (κ2) is 6.37. The van der Waals surface area contributed by atoms with Crippen molar-refractivity contribution in [2.45, 2.75) is 30.9 Å². The zero-order chi connectivity index (χ0) is 15.4. The van der Waals surface area contributed by atoms with Gasteiger partial charge in [-0.2, -0.15) is 0 Å². The van der Waals surface area contributed by atoms with Crippen molar-refractivity contribution in [2.24, 2.45) is 5.73 Å². The molecule has 0 saturated heterocycles. The Kier molecular flexibility index (Phi) is 5.30. The summed E-state index contributed by atoms with van der Waals surface area (Å²) in [5.74, 6) is -1.28. The molecule has 1 rings (SSSR count). The van der Waals surface area contributed by atoms with E-state index < -0.39 is 26.5 Å². The summed E-state index contributed by atoms with van der Waals surface area (Å²) in [5, 5.41) is 9.01. The van der Waals surface area contributed by atoms with Crippen molar-refractivity contribution in [3.8, 4) is 0 Å². The fraction of sp³-hybridized carbons (Fsp3) is 0.500. The minimum Gasteiger partial charge on any atom is -0.481 e. The van der Waals surface area contributed by atoms with E-state index in [0.717, 1.165) is 0 Å². The van der Waals surface area contributed by atoms with Gasteiger partial charge < -0.3 is 10.8 Å². The van der Waals surface area contributed by atoms with Gasteiger partial charge in [0.1, 0.15) is 5.41 Å². The van der Waals surface area contributed by atoms with Gasteiger partial charge in [-0.15, -0.1) is 0 Å². The molecule has 0 fully saturated rings. The first-order valence-electron chi connectivity index (χ1n) is 6.47. The van der Waals surface area contributed by atoms with Gasteiger partial charge in [0.25, 0.3) is 0 Å². The van der Waals surface area contributed by atoms with Crippen molar-refractivity contribution in [2.75, 3.05) is 12.3 Å². The molecule has 1 aromatic carbocycles. The summed E-state index contributed by atoms with van der Waals surface area (Å²) in [4.78, 5) is 11.7. The quantitative estimate of drug-likeness (QED) is 0.788. The van der Waals surface area contributed by atoms with Gasteiger partial charge in [0.05, 0.1) is 11.0 Å². The van der Waals surface area contributed by atoms with Crippen LogP contribution in [-0.4, -0.2) is 37.0 Å². The Hall–Kier alpha value is -1.40. The number of rotatable bonds is 7. The highest BCUT2D eigenvalue weighted by Gasteiger charge is 2.40. The lowest BCUT2D eigenvalue weighted by molar-refractivity contribution is -0.143. The van der Waals surface area contributed by atoms with E-state index in [1.807, 2.05) is 0 Å². The number of benzene rings is 1. The van der Waals surface area contributed by atoms with Gasteiger partial charge >= 0.3 is 5.97 Å². The standard InChI is InChI=1S/C14H21NO4S/c1-11(2)20(18,19)9-8-14(10-15,13(16)17)12-6-4-3-5-7-12/h3-7,11H,8-10,15H2,1-2H3,(H,16,17). The molecule has 0 aliphatic heterocycles. The number of nitrogens with two attached hydrogens (primary N) is 1. The molecule has 0 radical (unpaired) electrons. The van der Waals surface area contributed by atoms with E-state index in [9.17, 15) is 18.3 Å². The lowest BCUT2D eigenvalue weighted by Gasteiger charge is -2.28. The zero-order valence-corrected chi connectivity index (χ0v) is 12.6. The van der Waals surface area contributed by atoms with E-state index in [4.69, 9.17) is 5.73 Å². The van der Waals surface area contributed by atoms with Crippen molar-refractivity contribution in [3.05, 3.63) is 35.9 Å². The summed E-state index contributed by atoms with van der Waals surface area (Å²) in [6, 6.07) is 8.56. The number of carboxylic acid groups (broad SMARTS) is 1. The molecule has 3 N–H and O–H groups in total.